The van der Waals surface area contributed by atoms with E-state index in [1.165, 1.54) is 0 Å². The highest BCUT2D eigenvalue weighted by Crippen LogP contribution is 2.50. The van der Waals surface area contributed by atoms with E-state index in [9.17, 15) is 4.79 Å². The molecule has 4 atom stereocenters. The first kappa shape index (κ1) is 19.8. The molecule has 0 bridgehead atoms. The molecule has 5 heteroatoms. The van der Waals surface area contributed by atoms with E-state index in [-0.39, 0.29) is 17.1 Å². The maximum absolute atomic E-state index is 12.6. The Balaban J connectivity index is 1.59. The summed E-state index contributed by atoms with van der Waals surface area (Å²) in [5.74, 6) is 1.09. The lowest BCUT2D eigenvalue weighted by Gasteiger charge is -2.37. The molecule has 0 aromatic heterocycles. The highest BCUT2D eigenvalue weighted by molar-refractivity contribution is 5.76. The van der Waals surface area contributed by atoms with Crippen molar-refractivity contribution < 1.29 is 19.3 Å². The van der Waals surface area contributed by atoms with Crippen LogP contribution in [-0.2, 0) is 19.3 Å². The summed E-state index contributed by atoms with van der Waals surface area (Å²) >= 11 is 0. The first-order chi connectivity index (χ1) is 12.5. The molecule has 0 radical (unpaired) electrons. The zero-order chi connectivity index (χ0) is 18.6. The number of ether oxygens (including phenoxy) is 1. The molecular weight excluding hydrogens is 330 g/mol. The highest BCUT2D eigenvalue weighted by Gasteiger charge is 2.53. The van der Waals surface area contributed by atoms with Crippen LogP contribution in [0.2, 0.25) is 0 Å². The average Bonchev–Trinajstić information content (AvgIpc) is 2.97. The number of allylic oxidation sites excluding steroid dienone is 1. The van der Waals surface area contributed by atoms with Crippen LogP contribution >= 0.6 is 0 Å². The van der Waals surface area contributed by atoms with Crippen LogP contribution in [0.5, 0.6) is 0 Å². The Bertz CT molecular complexity index is 504. The Morgan fingerprint density at radius 1 is 1.35 bits per heavy atom. The van der Waals surface area contributed by atoms with Gasteiger partial charge < -0.3 is 9.64 Å². The smallest absolute Gasteiger partial charge is 0.223 e. The Morgan fingerprint density at radius 3 is 2.81 bits per heavy atom. The molecule has 1 spiro atoms. The molecule has 1 amide bonds. The molecule has 2 saturated heterocycles. The number of morpholine rings is 1. The summed E-state index contributed by atoms with van der Waals surface area (Å²) < 4.78 is 5.35. The Kier molecular flexibility index (Phi) is 6.41. The second-order valence-electron chi connectivity index (χ2n) is 8.63. The van der Waals surface area contributed by atoms with Gasteiger partial charge in [0.15, 0.2) is 0 Å². The van der Waals surface area contributed by atoms with E-state index < -0.39 is 0 Å². The van der Waals surface area contributed by atoms with Gasteiger partial charge in [-0.2, -0.15) is 0 Å². The van der Waals surface area contributed by atoms with Gasteiger partial charge in [0, 0.05) is 25.9 Å². The monoisotopic (exact) mass is 365 g/mol. The number of hydrogen-bond acceptors (Lipinski definition) is 4. The zero-order valence-corrected chi connectivity index (χ0v) is 16.5. The van der Waals surface area contributed by atoms with E-state index in [0.29, 0.717) is 31.5 Å². The van der Waals surface area contributed by atoms with Crippen molar-refractivity contribution in [3.63, 3.8) is 0 Å². The minimum Gasteiger partial charge on any atom is -0.378 e. The molecule has 1 saturated carbocycles. The number of amides is 1. The van der Waals surface area contributed by atoms with E-state index in [1.54, 1.807) is 0 Å². The third-order valence-electron chi connectivity index (χ3n) is 6.62. The zero-order valence-electron chi connectivity index (χ0n) is 16.5. The first-order valence-corrected chi connectivity index (χ1v) is 10.3. The van der Waals surface area contributed by atoms with Crippen molar-refractivity contribution in [2.75, 3.05) is 26.3 Å². The molecule has 1 unspecified atom stereocenters. The number of hydrogen-bond donors (Lipinski definition) is 0. The number of carbonyl (C=O) groups excluding carboxylic acids is 1. The van der Waals surface area contributed by atoms with Gasteiger partial charge in [0.2, 0.25) is 5.91 Å². The van der Waals surface area contributed by atoms with E-state index in [4.69, 9.17) is 14.5 Å². The fourth-order valence-corrected chi connectivity index (χ4v) is 5.19. The lowest BCUT2D eigenvalue weighted by atomic mass is 9.69. The second-order valence-corrected chi connectivity index (χ2v) is 8.63. The van der Waals surface area contributed by atoms with Crippen LogP contribution in [0.15, 0.2) is 12.7 Å². The summed E-state index contributed by atoms with van der Waals surface area (Å²) in [7, 11) is 0. The minimum atomic E-state index is -0.251. The second kappa shape index (κ2) is 8.41. The molecular formula is C21H35NO4. The molecule has 26 heavy (non-hydrogen) atoms. The fraction of sp³-hybridized carbons (Fsp3) is 0.857. The molecule has 2 heterocycles. The van der Waals surface area contributed by atoms with Crippen LogP contribution < -0.4 is 0 Å². The molecule has 3 aliphatic rings. The minimum absolute atomic E-state index is 0.211. The van der Waals surface area contributed by atoms with Gasteiger partial charge in [-0.25, -0.2) is 9.78 Å². The van der Waals surface area contributed by atoms with E-state index in [0.717, 1.165) is 58.0 Å². The number of carbonyl (C=O) groups is 1. The summed E-state index contributed by atoms with van der Waals surface area (Å²) in [4.78, 5) is 26.5. The Hall–Kier alpha value is -0.910. The maximum Gasteiger partial charge on any atom is 0.223 e. The third-order valence-corrected chi connectivity index (χ3v) is 6.62. The van der Waals surface area contributed by atoms with Gasteiger partial charge in [-0.05, 0) is 44.4 Å². The summed E-state index contributed by atoms with van der Waals surface area (Å²) in [5.41, 5.74) is -0.462. The van der Waals surface area contributed by atoms with Crippen molar-refractivity contribution in [2.24, 2.45) is 11.8 Å². The molecule has 0 aromatic carbocycles. The molecule has 2 aliphatic heterocycles. The fourth-order valence-electron chi connectivity index (χ4n) is 5.19. The van der Waals surface area contributed by atoms with Crippen LogP contribution in [0.4, 0.5) is 0 Å². The van der Waals surface area contributed by atoms with Crippen molar-refractivity contribution in [3.05, 3.63) is 12.7 Å². The summed E-state index contributed by atoms with van der Waals surface area (Å²) in [6.07, 6.45) is 9.74. The summed E-state index contributed by atoms with van der Waals surface area (Å²) in [6, 6.07) is 0. The predicted octanol–water partition coefficient (Wildman–Crippen LogP) is 3.88. The predicted molar refractivity (Wildman–Crippen MR) is 100 cm³/mol. The van der Waals surface area contributed by atoms with Gasteiger partial charge in [0.1, 0.15) is 11.2 Å². The van der Waals surface area contributed by atoms with Crippen molar-refractivity contribution in [1.29, 1.82) is 0 Å². The van der Waals surface area contributed by atoms with E-state index in [1.807, 2.05) is 11.0 Å². The van der Waals surface area contributed by atoms with Crippen molar-refractivity contribution in [2.45, 2.75) is 76.4 Å². The summed E-state index contributed by atoms with van der Waals surface area (Å²) in [6.45, 7) is 11.1. The normalized spacial score (nSPS) is 36.2. The molecule has 0 N–H and O–H groups in total. The van der Waals surface area contributed by atoms with Crippen molar-refractivity contribution >= 4 is 5.91 Å². The molecule has 148 valence electrons. The molecule has 1 aliphatic carbocycles. The quantitative estimate of drug-likeness (QED) is 0.529. The van der Waals surface area contributed by atoms with Gasteiger partial charge in [-0.15, -0.1) is 6.58 Å². The Labute approximate surface area is 158 Å². The highest BCUT2D eigenvalue weighted by atomic mass is 17.2. The average molecular weight is 366 g/mol. The Morgan fingerprint density at radius 2 is 2.12 bits per heavy atom. The summed E-state index contributed by atoms with van der Waals surface area (Å²) in [5, 5.41) is 0. The van der Waals surface area contributed by atoms with Crippen molar-refractivity contribution in [1.82, 2.24) is 4.90 Å². The van der Waals surface area contributed by atoms with Crippen molar-refractivity contribution in [3.8, 4) is 0 Å². The first-order valence-electron chi connectivity index (χ1n) is 10.3. The lowest BCUT2D eigenvalue weighted by molar-refractivity contribution is -0.360. The van der Waals surface area contributed by atoms with Crippen LogP contribution in [0.25, 0.3) is 0 Å². The van der Waals surface area contributed by atoms with Gasteiger partial charge in [-0.1, -0.05) is 25.8 Å². The molecule has 0 aromatic rings. The van der Waals surface area contributed by atoms with Crippen LogP contribution in [-0.4, -0.2) is 48.3 Å². The largest absolute Gasteiger partial charge is 0.378 e. The van der Waals surface area contributed by atoms with Crippen LogP contribution in [0, 0.1) is 11.8 Å². The molecule has 5 nitrogen and oxygen atoms in total. The topological polar surface area (TPSA) is 48.0 Å². The standard InChI is InChI=1S/C21H35NO4/c1-4-7-18(5-2)20(3)16-21(26-25-20)9-6-8-17(15-21)14-19(23)22-10-12-24-13-11-22/h4,17-18H,1,5-16H2,2-3H3/t17-,18?,20-,21+/m0/s1. The third kappa shape index (κ3) is 4.32. The maximum atomic E-state index is 12.6. The van der Waals surface area contributed by atoms with E-state index >= 15 is 0 Å². The van der Waals surface area contributed by atoms with Gasteiger partial charge in [0.25, 0.3) is 0 Å². The van der Waals surface area contributed by atoms with Gasteiger partial charge >= 0.3 is 0 Å². The number of nitrogens with zero attached hydrogens (tertiary/aromatic N) is 1. The van der Waals surface area contributed by atoms with Gasteiger partial charge in [0.05, 0.1) is 13.2 Å². The van der Waals surface area contributed by atoms with Gasteiger partial charge in [-0.3, -0.25) is 4.79 Å². The SMILES string of the molecule is C=CCC(CC)[C@]1(C)C[C@]2(CCC[C@@H](CC(=O)N3CCOCC3)C2)OO1. The van der Waals surface area contributed by atoms with Crippen LogP contribution in [0.3, 0.4) is 0 Å². The number of rotatable bonds is 6. The molecule has 3 fully saturated rings. The van der Waals surface area contributed by atoms with Crippen LogP contribution in [0.1, 0.15) is 65.2 Å². The molecule has 3 rings (SSSR count). The lowest BCUT2D eigenvalue weighted by Crippen LogP contribution is -2.43. The van der Waals surface area contributed by atoms with E-state index in [2.05, 4.69) is 20.4 Å².